The number of para-hydroxylation sites is 1. The number of carbonyl (C=O) groups excluding carboxylic acids is 1. The van der Waals surface area contributed by atoms with Crippen molar-refractivity contribution in [2.45, 2.75) is 6.92 Å². The number of halogens is 2. The van der Waals surface area contributed by atoms with Gasteiger partial charge in [-0.05, 0) is 67.7 Å². The molecule has 0 atom stereocenters. The quantitative estimate of drug-likeness (QED) is 0.195. The molecule has 0 aliphatic heterocycles. The largest absolute Gasteiger partial charge is 0.457 e. The van der Waals surface area contributed by atoms with E-state index in [4.69, 9.17) is 39.8 Å². The fourth-order valence-electron chi connectivity index (χ4n) is 3.34. The topological polar surface area (TPSA) is 97.3 Å². The van der Waals surface area contributed by atoms with Crippen LogP contribution in [0.2, 0.25) is 10.0 Å². The smallest absolute Gasteiger partial charge is 0.250 e. The molecule has 36 heavy (non-hydrogen) atoms. The number of nitrogens with zero attached hydrogens (tertiary/aromatic N) is 4. The van der Waals surface area contributed by atoms with E-state index >= 15 is 0 Å². The van der Waals surface area contributed by atoms with Crippen molar-refractivity contribution in [1.82, 2.24) is 25.1 Å². The summed E-state index contributed by atoms with van der Waals surface area (Å²) in [7, 11) is 0. The summed E-state index contributed by atoms with van der Waals surface area (Å²) < 4.78 is 7.46. The minimum absolute atomic E-state index is 0.143. The molecule has 3 heterocycles. The van der Waals surface area contributed by atoms with Crippen molar-refractivity contribution in [3.63, 3.8) is 0 Å². The van der Waals surface area contributed by atoms with Gasteiger partial charge < -0.3 is 9.73 Å². The Bertz CT molecular complexity index is 1640. The summed E-state index contributed by atoms with van der Waals surface area (Å²) in [6, 6.07) is 16.2. The van der Waals surface area contributed by atoms with Gasteiger partial charge in [0, 0.05) is 22.2 Å². The van der Waals surface area contributed by atoms with Gasteiger partial charge in [0.1, 0.15) is 16.5 Å². The van der Waals surface area contributed by atoms with E-state index in [2.05, 4.69) is 25.9 Å². The van der Waals surface area contributed by atoms with Gasteiger partial charge in [0.15, 0.2) is 10.9 Å². The highest BCUT2D eigenvalue weighted by Gasteiger charge is 2.14. The Balaban J connectivity index is 1.24. The summed E-state index contributed by atoms with van der Waals surface area (Å²) >= 11 is 18.9. The molecule has 0 aliphatic carbocycles. The number of fused-ring (bicyclic) bond motifs is 1. The molecule has 0 bridgehead atoms. The van der Waals surface area contributed by atoms with Crippen LogP contribution < -0.4 is 10.6 Å². The molecular formula is C24H16Cl2N6O2S2. The number of furan rings is 1. The maximum absolute atomic E-state index is 12.4. The minimum atomic E-state index is -0.415. The van der Waals surface area contributed by atoms with Gasteiger partial charge in [-0.15, -0.1) is 10.2 Å². The van der Waals surface area contributed by atoms with Gasteiger partial charge in [-0.2, -0.15) is 9.61 Å². The second-order valence-electron chi connectivity index (χ2n) is 7.50. The van der Waals surface area contributed by atoms with E-state index in [1.807, 2.05) is 31.2 Å². The normalized spacial score (nSPS) is 11.3. The first-order valence-electron chi connectivity index (χ1n) is 10.5. The number of aromatic nitrogens is 4. The SMILES string of the molecule is Cc1nnc2sc(-c3ccccc3NC(=S)NC(=O)/C=C/c3ccc(-c4ccc(Cl)cc4Cl)o3)nn12. The Hall–Kier alpha value is -3.57. The highest BCUT2D eigenvalue weighted by molar-refractivity contribution is 7.80. The zero-order valence-electron chi connectivity index (χ0n) is 18.5. The number of benzene rings is 2. The lowest BCUT2D eigenvalue weighted by molar-refractivity contribution is -0.115. The van der Waals surface area contributed by atoms with E-state index in [9.17, 15) is 4.79 Å². The van der Waals surface area contributed by atoms with E-state index in [-0.39, 0.29) is 5.11 Å². The fraction of sp³-hybridized carbons (Fsp3) is 0.0417. The second-order valence-corrected chi connectivity index (χ2v) is 9.71. The molecule has 0 unspecified atom stereocenters. The Morgan fingerprint density at radius 1 is 1.11 bits per heavy atom. The Labute approximate surface area is 224 Å². The molecule has 3 aromatic heterocycles. The summed E-state index contributed by atoms with van der Waals surface area (Å²) in [5.41, 5.74) is 2.22. The number of anilines is 1. The van der Waals surface area contributed by atoms with Crippen LogP contribution >= 0.6 is 46.8 Å². The number of hydrogen-bond donors (Lipinski definition) is 2. The van der Waals surface area contributed by atoms with Crippen molar-refractivity contribution in [2.24, 2.45) is 0 Å². The molecule has 8 nitrogen and oxygen atoms in total. The van der Waals surface area contributed by atoms with Crippen LogP contribution in [-0.2, 0) is 4.79 Å². The first-order chi connectivity index (χ1) is 17.4. The van der Waals surface area contributed by atoms with Crippen LogP contribution in [0.5, 0.6) is 0 Å². The Morgan fingerprint density at radius 3 is 2.75 bits per heavy atom. The van der Waals surface area contributed by atoms with Gasteiger partial charge in [0.05, 0.1) is 10.7 Å². The van der Waals surface area contributed by atoms with Gasteiger partial charge in [0.25, 0.3) is 0 Å². The Kier molecular flexibility index (Phi) is 6.84. The van der Waals surface area contributed by atoms with Gasteiger partial charge >= 0.3 is 0 Å². The van der Waals surface area contributed by atoms with Gasteiger partial charge in [-0.1, -0.05) is 46.7 Å². The monoisotopic (exact) mass is 554 g/mol. The van der Waals surface area contributed by atoms with Crippen LogP contribution in [-0.4, -0.2) is 30.8 Å². The van der Waals surface area contributed by atoms with Crippen LogP contribution in [0, 0.1) is 6.92 Å². The number of carbonyl (C=O) groups is 1. The lowest BCUT2D eigenvalue weighted by Gasteiger charge is -2.11. The molecule has 5 aromatic rings. The molecule has 0 fully saturated rings. The molecule has 0 saturated heterocycles. The zero-order valence-corrected chi connectivity index (χ0v) is 21.7. The lowest BCUT2D eigenvalue weighted by Crippen LogP contribution is -2.32. The van der Waals surface area contributed by atoms with E-state index in [0.717, 1.165) is 10.6 Å². The minimum Gasteiger partial charge on any atom is -0.457 e. The highest BCUT2D eigenvalue weighted by Crippen LogP contribution is 2.32. The van der Waals surface area contributed by atoms with Crippen LogP contribution in [0.15, 0.2) is 65.1 Å². The van der Waals surface area contributed by atoms with Crippen molar-refractivity contribution in [3.8, 4) is 21.9 Å². The zero-order chi connectivity index (χ0) is 25.2. The van der Waals surface area contributed by atoms with Crippen molar-refractivity contribution in [1.29, 1.82) is 0 Å². The number of aryl methyl sites for hydroxylation is 1. The molecule has 180 valence electrons. The van der Waals surface area contributed by atoms with Crippen molar-refractivity contribution >= 4 is 74.5 Å². The van der Waals surface area contributed by atoms with Crippen molar-refractivity contribution in [3.05, 3.63) is 82.3 Å². The molecule has 1 amide bonds. The summed E-state index contributed by atoms with van der Waals surface area (Å²) in [5, 5.41) is 20.3. The van der Waals surface area contributed by atoms with Crippen LogP contribution in [0.25, 0.3) is 32.9 Å². The molecular weight excluding hydrogens is 539 g/mol. The van der Waals surface area contributed by atoms with Crippen LogP contribution in [0.3, 0.4) is 0 Å². The van der Waals surface area contributed by atoms with Gasteiger partial charge in [-0.3, -0.25) is 10.1 Å². The predicted octanol–water partition coefficient (Wildman–Crippen LogP) is 6.25. The van der Waals surface area contributed by atoms with Gasteiger partial charge in [-0.25, -0.2) is 0 Å². The highest BCUT2D eigenvalue weighted by atomic mass is 35.5. The third-order valence-corrected chi connectivity index (χ3v) is 6.70. The average Bonchev–Trinajstić information content (AvgIpc) is 3.56. The predicted molar refractivity (Wildman–Crippen MR) is 146 cm³/mol. The standard InChI is InChI=1S/C24H16Cl2N6O2S2/c1-13-29-30-24-32(13)31-22(36-24)17-4-2-3-5-19(17)27-23(35)28-21(33)11-8-15-7-10-20(34-15)16-9-6-14(25)12-18(16)26/h2-12H,1H3,(H2,27,28,33,35)/b11-8+. The average molecular weight is 555 g/mol. The van der Waals surface area contributed by atoms with E-state index in [1.54, 1.807) is 40.9 Å². The molecule has 2 aromatic carbocycles. The number of amides is 1. The number of thiocarbonyl (C=S) groups is 1. The lowest BCUT2D eigenvalue weighted by atomic mass is 10.2. The Morgan fingerprint density at radius 2 is 1.94 bits per heavy atom. The molecule has 5 rings (SSSR count). The van der Waals surface area contributed by atoms with E-state index in [0.29, 0.717) is 43.6 Å². The first kappa shape index (κ1) is 24.1. The third kappa shape index (κ3) is 5.17. The fourth-order valence-corrected chi connectivity index (χ4v) is 4.98. The summed E-state index contributed by atoms with van der Waals surface area (Å²) in [5.74, 6) is 1.33. The summed E-state index contributed by atoms with van der Waals surface area (Å²) in [6.07, 6.45) is 2.87. The summed E-state index contributed by atoms with van der Waals surface area (Å²) in [6.45, 7) is 1.84. The molecule has 0 saturated carbocycles. The number of rotatable bonds is 5. The molecule has 2 N–H and O–H groups in total. The molecule has 0 radical (unpaired) electrons. The molecule has 0 spiro atoms. The van der Waals surface area contributed by atoms with Crippen molar-refractivity contribution in [2.75, 3.05) is 5.32 Å². The molecule has 12 heteroatoms. The van der Waals surface area contributed by atoms with Crippen LogP contribution in [0.1, 0.15) is 11.6 Å². The van der Waals surface area contributed by atoms with Crippen LogP contribution in [0.4, 0.5) is 5.69 Å². The maximum atomic E-state index is 12.4. The van der Waals surface area contributed by atoms with E-state index < -0.39 is 5.91 Å². The molecule has 0 aliphatic rings. The summed E-state index contributed by atoms with van der Waals surface area (Å²) in [4.78, 5) is 13.1. The maximum Gasteiger partial charge on any atom is 0.250 e. The van der Waals surface area contributed by atoms with Gasteiger partial charge in [0.2, 0.25) is 10.9 Å². The van der Waals surface area contributed by atoms with E-state index in [1.165, 1.54) is 17.4 Å². The first-order valence-corrected chi connectivity index (χ1v) is 12.5. The third-order valence-electron chi connectivity index (χ3n) is 5.01. The number of nitrogens with one attached hydrogen (secondary N) is 2. The van der Waals surface area contributed by atoms with Crippen molar-refractivity contribution < 1.29 is 9.21 Å². The number of hydrogen-bond acceptors (Lipinski definition) is 7. The second kappa shape index (κ2) is 10.2.